The number of aliphatic hydroxyl groups is 3. The van der Waals surface area contributed by atoms with E-state index in [1.807, 2.05) is 0 Å². The molecule has 3 amide bonds. The van der Waals surface area contributed by atoms with E-state index in [0.717, 1.165) is 35.7 Å². The van der Waals surface area contributed by atoms with E-state index in [9.17, 15) is 44.1 Å². The molecule has 2 aliphatic heterocycles. The van der Waals surface area contributed by atoms with E-state index in [4.69, 9.17) is 28.4 Å². The molecule has 382 valence electrons. The fourth-order valence-corrected chi connectivity index (χ4v) is 11.5. The summed E-state index contributed by atoms with van der Waals surface area (Å²) >= 11 is 0.995. The van der Waals surface area contributed by atoms with Gasteiger partial charge in [-0.1, -0.05) is 62.4 Å². The first-order valence-electron chi connectivity index (χ1n) is 23.2. The van der Waals surface area contributed by atoms with Gasteiger partial charge in [-0.15, -0.1) is 11.8 Å². The third-order valence-electron chi connectivity index (χ3n) is 14.4. The van der Waals surface area contributed by atoms with E-state index in [0.29, 0.717) is 0 Å². The summed E-state index contributed by atoms with van der Waals surface area (Å²) in [4.78, 5) is 110. The minimum Gasteiger partial charge on any atom is -0.455 e. The van der Waals surface area contributed by atoms with E-state index in [-0.39, 0.29) is 47.6 Å². The Balaban J connectivity index is 1.32. The molecule has 71 heavy (non-hydrogen) atoms. The maximum Gasteiger partial charge on any atom is 0.408 e. The highest BCUT2D eigenvalue weighted by molar-refractivity contribution is 7.99. The Hall–Kier alpha value is -5.93. The molecular formula is C51H60N2O17S. The van der Waals surface area contributed by atoms with E-state index in [1.165, 1.54) is 39.8 Å². The first kappa shape index (κ1) is 52.9. The second-order valence-corrected chi connectivity index (χ2v) is 21.4. The Morgan fingerprint density at radius 3 is 2.13 bits per heavy atom. The van der Waals surface area contributed by atoms with Crippen LogP contribution in [0.2, 0.25) is 0 Å². The number of carbonyl (C=O) groups excluding carboxylic acids is 8. The Morgan fingerprint density at radius 2 is 1.55 bits per heavy atom. The number of ether oxygens (including phenoxy) is 6. The van der Waals surface area contributed by atoms with Crippen molar-refractivity contribution in [3.05, 3.63) is 95.1 Å². The number of hydrogen-bond donors (Lipinski definition) is 4. The van der Waals surface area contributed by atoms with Crippen LogP contribution < -0.4 is 5.32 Å². The van der Waals surface area contributed by atoms with Crippen LogP contribution in [0, 0.1) is 16.7 Å². The number of hydrogen-bond acceptors (Lipinski definition) is 18. The lowest BCUT2D eigenvalue weighted by Crippen LogP contribution is -2.81. The van der Waals surface area contributed by atoms with Gasteiger partial charge in [-0.3, -0.25) is 28.9 Å². The van der Waals surface area contributed by atoms with Gasteiger partial charge in [0.1, 0.15) is 41.7 Å². The van der Waals surface area contributed by atoms with Crippen molar-refractivity contribution in [2.75, 3.05) is 24.7 Å². The number of carbonyl (C=O) groups is 8. The Morgan fingerprint density at radius 1 is 0.930 bits per heavy atom. The maximum atomic E-state index is 15.2. The molecule has 7 rings (SSSR count). The zero-order valence-corrected chi connectivity index (χ0v) is 41.5. The van der Waals surface area contributed by atoms with Gasteiger partial charge in [0.05, 0.1) is 35.4 Å². The number of Topliss-reactive ketones (excluding diaryl/α,β-unsaturated/α-hetero) is 1. The van der Waals surface area contributed by atoms with Gasteiger partial charge in [0.2, 0.25) is 6.10 Å². The molecule has 11 atom stereocenters. The molecule has 2 bridgehead atoms. The van der Waals surface area contributed by atoms with Gasteiger partial charge >= 0.3 is 30.0 Å². The normalized spacial score (nSPS) is 30.6. The van der Waals surface area contributed by atoms with Crippen molar-refractivity contribution in [1.29, 1.82) is 0 Å². The second kappa shape index (κ2) is 19.9. The lowest BCUT2D eigenvalue weighted by molar-refractivity contribution is -0.346. The van der Waals surface area contributed by atoms with Crippen LogP contribution in [0.4, 0.5) is 4.79 Å². The van der Waals surface area contributed by atoms with E-state index >= 15 is 9.59 Å². The molecule has 2 heterocycles. The molecule has 0 radical (unpaired) electrons. The third kappa shape index (κ3) is 9.88. The fraction of sp³-hybridized carbons (Fsp3) is 0.529. The van der Waals surface area contributed by atoms with Crippen LogP contribution in [0.25, 0.3) is 0 Å². The molecule has 2 aromatic rings. The van der Waals surface area contributed by atoms with Crippen LogP contribution in [0.3, 0.4) is 0 Å². The summed E-state index contributed by atoms with van der Waals surface area (Å²) in [7, 11) is 0. The SMILES string of the molecule is CC(=O)O[C@@]12CO[C@@H]1C[C@H](O)[C@@]1(C)C(=O)[C@H](O)C3=C(C)C(OC(=O)C(OC(=O)CSCCN4C(=O)C=CC4=O)C(NC(=O)OC(C)(C)C)c4ccccc4)C[C@@](O)(C(OC(=O)c4ccccc4)C12)C3(C)C. The second-order valence-electron chi connectivity index (χ2n) is 20.3. The summed E-state index contributed by atoms with van der Waals surface area (Å²) < 4.78 is 36.0. The molecule has 1 saturated heterocycles. The first-order chi connectivity index (χ1) is 33.3. The number of fused-ring (bicyclic) bond motifs is 5. The lowest BCUT2D eigenvalue weighted by Gasteiger charge is -2.67. The number of rotatable bonds is 14. The number of alkyl carbamates (subject to hydrolysis) is 1. The van der Waals surface area contributed by atoms with Gasteiger partial charge in [0.15, 0.2) is 11.4 Å². The van der Waals surface area contributed by atoms with Crippen molar-refractivity contribution >= 4 is 59.3 Å². The molecular weight excluding hydrogens is 945 g/mol. The highest BCUT2D eigenvalue weighted by Crippen LogP contribution is 2.64. The fourth-order valence-electron chi connectivity index (χ4n) is 10.8. The zero-order valence-electron chi connectivity index (χ0n) is 40.7. The Kier molecular flexibility index (Phi) is 14.8. The number of aliphatic hydroxyl groups excluding tert-OH is 2. The largest absolute Gasteiger partial charge is 0.455 e. The van der Waals surface area contributed by atoms with Crippen LogP contribution in [-0.2, 0) is 57.2 Å². The van der Waals surface area contributed by atoms with Crippen molar-refractivity contribution in [1.82, 2.24) is 10.2 Å². The standard InChI is InChI=1S/C51H60N2O17S/c1-27-31(66-45(62)40(67-36(58)25-71-22-21-53-34(56)19-20-35(53)57)38(29-15-11-9-12-16-29)52-46(63)70-47(3,4)5)24-51(64)43(68-44(61)30-17-13-10-14-18-30)41-49(8,42(60)39(59)37(27)48(51,6)7)32(55)23-33-50(41,26-65-33)69-28(2)54/h9-20,31-33,38-41,43,55,59,64H,21-26H2,1-8H3,(H,52,63)/t31?,32-,33+,38?,39+,40?,41?,43?,49+,50-,51+/m0/s1. The summed E-state index contributed by atoms with van der Waals surface area (Å²) in [5.41, 5.74) is -8.83. The molecule has 2 aromatic carbocycles. The third-order valence-corrected chi connectivity index (χ3v) is 15.3. The van der Waals surface area contributed by atoms with Crippen LogP contribution in [-0.4, -0.2) is 146 Å². The quantitative estimate of drug-likeness (QED) is 0.0694. The summed E-state index contributed by atoms with van der Waals surface area (Å²) in [6, 6.07) is 14.3. The summed E-state index contributed by atoms with van der Waals surface area (Å²) in [5, 5.41) is 40.8. The number of esters is 4. The van der Waals surface area contributed by atoms with Crippen LogP contribution in [0.15, 0.2) is 84.0 Å². The van der Waals surface area contributed by atoms with Gasteiger partial charge in [0.25, 0.3) is 11.8 Å². The highest BCUT2D eigenvalue weighted by Gasteiger charge is 2.78. The predicted molar refractivity (Wildman–Crippen MR) is 251 cm³/mol. The first-order valence-corrected chi connectivity index (χ1v) is 24.4. The molecule has 5 aliphatic rings. The number of ketones is 1. The van der Waals surface area contributed by atoms with Crippen molar-refractivity contribution in [2.45, 2.75) is 128 Å². The lowest BCUT2D eigenvalue weighted by atomic mass is 9.44. The molecule has 0 aromatic heterocycles. The average molecular weight is 1010 g/mol. The minimum absolute atomic E-state index is 0.0273. The molecule has 20 heteroatoms. The van der Waals surface area contributed by atoms with E-state index in [2.05, 4.69) is 5.32 Å². The maximum absolute atomic E-state index is 15.2. The molecule has 2 saturated carbocycles. The average Bonchev–Trinajstić information content (AvgIpc) is 3.62. The number of thioether (sulfide) groups is 1. The predicted octanol–water partition coefficient (Wildman–Crippen LogP) is 3.47. The monoisotopic (exact) mass is 1000 g/mol. The van der Waals surface area contributed by atoms with Gasteiger partial charge in [-0.05, 0) is 63.5 Å². The number of amides is 3. The molecule has 3 aliphatic carbocycles. The Bertz CT molecular complexity index is 2510. The number of imide groups is 1. The van der Waals surface area contributed by atoms with E-state index < -0.39 is 136 Å². The molecule has 4 N–H and O–H groups in total. The summed E-state index contributed by atoms with van der Waals surface area (Å²) in [5.74, 6) is -7.87. The van der Waals surface area contributed by atoms with E-state index in [1.54, 1.807) is 69.3 Å². The van der Waals surface area contributed by atoms with Gasteiger partial charge in [0, 0.05) is 49.6 Å². The molecule has 5 unspecified atom stereocenters. The zero-order chi connectivity index (χ0) is 52.0. The van der Waals surface area contributed by atoms with Gasteiger partial charge in [-0.25, -0.2) is 14.4 Å². The van der Waals surface area contributed by atoms with Gasteiger partial charge < -0.3 is 49.1 Å². The van der Waals surface area contributed by atoms with Crippen molar-refractivity contribution in [2.24, 2.45) is 16.7 Å². The molecule has 19 nitrogen and oxygen atoms in total. The molecule has 0 spiro atoms. The topological polar surface area (TPSA) is 268 Å². The highest BCUT2D eigenvalue weighted by atomic mass is 32.2. The van der Waals surface area contributed by atoms with Crippen molar-refractivity contribution < 1.29 is 82.1 Å². The number of nitrogens with one attached hydrogen (secondary N) is 1. The number of nitrogens with zero attached hydrogens (tertiary/aromatic N) is 1. The van der Waals surface area contributed by atoms with Crippen molar-refractivity contribution in [3.63, 3.8) is 0 Å². The van der Waals surface area contributed by atoms with Crippen molar-refractivity contribution in [3.8, 4) is 0 Å². The smallest absolute Gasteiger partial charge is 0.408 e. The molecule has 3 fully saturated rings. The summed E-state index contributed by atoms with van der Waals surface area (Å²) in [6.07, 6.45) is -9.80. The van der Waals surface area contributed by atoms with Crippen LogP contribution >= 0.6 is 11.8 Å². The summed E-state index contributed by atoms with van der Waals surface area (Å²) in [6.45, 7) is 11.5. The number of benzene rings is 2. The van der Waals surface area contributed by atoms with Crippen LogP contribution in [0.1, 0.15) is 90.2 Å². The Labute approximate surface area is 414 Å². The minimum atomic E-state index is -2.46. The van der Waals surface area contributed by atoms with Gasteiger partial charge in [-0.2, -0.15) is 0 Å². The van der Waals surface area contributed by atoms with Crippen LogP contribution in [0.5, 0.6) is 0 Å².